The van der Waals surface area contributed by atoms with Crippen LogP contribution >= 0.6 is 0 Å². The average molecular weight is 374 g/mol. The van der Waals surface area contributed by atoms with Gasteiger partial charge in [-0.15, -0.1) is 0 Å². The second kappa shape index (κ2) is 18.1. The molecule has 0 aliphatic rings. The monoisotopic (exact) mass is 373 g/mol. The van der Waals surface area contributed by atoms with E-state index in [0.29, 0.717) is 0 Å². The Balaban J connectivity index is 1.79. The van der Waals surface area contributed by atoms with E-state index in [-0.39, 0.29) is 5.43 Å². The van der Waals surface area contributed by atoms with Gasteiger partial charge in [-0.3, -0.25) is 4.79 Å². The van der Waals surface area contributed by atoms with E-state index in [1.165, 1.54) is 96.3 Å². The fraction of sp³-hybridized carbons (Fsp3) is 0.720. The maximum absolute atomic E-state index is 11.8. The minimum absolute atomic E-state index is 0.0801. The Morgan fingerprint density at radius 1 is 0.593 bits per heavy atom. The van der Waals surface area contributed by atoms with Crippen LogP contribution in [0.1, 0.15) is 110 Å². The Morgan fingerprint density at radius 3 is 1.56 bits per heavy atom. The minimum Gasteiger partial charge on any atom is -0.382 e. The van der Waals surface area contributed by atoms with E-state index >= 15 is 0 Å². The molecule has 0 aliphatic carbocycles. The molecule has 0 unspecified atom stereocenters. The summed E-state index contributed by atoms with van der Waals surface area (Å²) in [6, 6.07) is 9.09. The lowest BCUT2D eigenvalue weighted by molar-refractivity contribution is 0.530. The van der Waals surface area contributed by atoms with E-state index in [2.05, 4.69) is 12.2 Å². The molecule has 1 rings (SSSR count). The SMILES string of the molecule is CCCCCCCCCCCCCCCCCCNc1cccccc1=O. The number of rotatable bonds is 18. The Hall–Kier alpha value is -1.31. The second-order valence-corrected chi connectivity index (χ2v) is 7.92. The van der Waals surface area contributed by atoms with Crippen LogP contribution < -0.4 is 10.7 Å². The smallest absolute Gasteiger partial charge is 0.201 e. The van der Waals surface area contributed by atoms with E-state index in [1.54, 1.807) is 12.1 Å². The predicted octanol–water partition coefficient (Wildman–Crippen LogP) is 7.72. The highest BCUT2D eigenvalue weighted by Gasteiger charge is 1.96. The zero-order valence-electron chi connectivity index (χ0n) is 17.8. The largest absolute Gasteiger partial charge is 0.382 e. The first-order valence-corrected chi connectivity index (χ1v) is 11.7. The first kappa shape index (κ1) is 23.7. The molecule has 0 saturated heterocycles. The van der Waals surface area contributed by atoms with Crippen molar-refractivity contribution in [1.29, 1.82) is 0 Å². The lowest BCUT2D eigenvalue weighted by atomic mass is 10.0. The number of unbranched alkanes of at least 4 members (excludes halogenated alkanes) is 15. The van der Waals surface area contributed by atoms with Gasteiger partial charge in [-0.25, -0.2) is 0 Å². The molecular weight excluding hydrogens is 330 g/mol. The first-order chi connectivity index (χ1) is 13.3. The molecule has 0 radical (unpaired) electrons. The van der Waals surface area contributed by atoms with Crippen molar-refractivity contribution in [1.82, 2.24) is 0 Å². The van der Waals surface area contributed by atoms with Gasteiger partial charge in [0, 0.05) is 6.54 Å². The standard InChI is InChI=1S/C25H43NO/c1-2-3-4-5-6-7-8-9-10-11-12-13-14-15-16-20-23-26-24-21-18-17-19-22-25(24)27/h17-19,21-22H,2-16,20,23H2,1H3,(H,26,27). The van der Waals surface area contributed by atoms with Gasteiger partial charge in [-0.05, 0) is 18.6 Å². The van der Waals surface area contributed by atoms with Crippen molar-refractivity contribution in [2.75, 3.05) is 11.9 Å². The summed E-state index contributed by atoms with van der Waals surface area (Å²) >= 11 is 0. The molecule has 0 bridgehead atoms. The highest BCUT2D eigenvalue weighted by atomic mass is 16.1. The van der Waals surface area contributed by atoms with Gasteiger partial charge in [0.25, 0.3) is 0 Å². The molecule has 2 nitrogen and oxygen atoms in total. The lowest BCUT2D eigenvalue weighted by Gasteiger charge is -2.05. The Labute approximate surface area is 168 Å². The van der Waals surface area contributed by atoms with Gasteiger partial charge in [0.2, 0.25) is 5.43 Å². The van der Waals surface area contributed by atoms with Gasteiger partial charge < -0.3 is 5.32 Å². The molecule has 1 aromatic rings. The third-order valence-electron chi connectivity index (χ3n) is 5.34. The molecule has 154 valence electrons. The summed E-state index contributed by atoms with van der Waals surface area (Å²) in [5.74, 6) is 0. The highest BCUT2D eigenvalue weighted by molar-refractivity contribution is 5.41. The summed E-state index contributed by atoms with van der Waals surface area (Å²) in [6.45, 7) is 3.19. The molecule has 0 aromatic heterocycles. The van der Waals surface area contributed by atoms with E-state index in [0.717, 1.165) is 18.7 Å². The van der Waals surface area contributed by atoms with Crippen molar-refractivity contribution in [2.45, 2.75) is 110 Å². The highest BCUT2D eigenvalue weighted by Crippen LogP contribution is 2.13. The van der Waals surface area contributed by atoms with Gasteiger partial charge in [0.1, 0.15) is 0 Å². The van der Waals surface area contributed by atoms with Gasteiger partial charge in [-0.2, -0.15) is 0 Å². The predicted molar refractivity (Wildman–Crippen MR) is 121 cm³/mol. The summed E-state index contributed by atoms with van der Waals surface area (Å²) < 4.78 is 0. The first-order valence-electron chi connectivity index (χ1n) is 11.7. The molecule has 1 N–H and O–H groups in total. The van der Waals surface area contributed by atoms with Gasteiger partial charge >= 0.3 is 0 Å². The van der Waals surface area contributed by atoms with Crippen LogP contribution in [-0.4, -0.2) is 6.54 Å². The number of nitrogens with one attached hydrogen (secondary N) is 1. The van der Waals surface area contributed by atoms with Crippen LogP contribution in [0, 0.1) is 0 Å². The van der Waals surface area contributed by atoms with Crippen LogP contribution in [0.5, 0.6) is 0 Å². The molecule has 0 amide bonds. The van der Waals surface area contributed by atoms with Crippen LogP contribution in [0.3, 0.4) is 0 Å². The van der Waals surface area contributed by atoms with E-state index in [9.17, 15) is 4.79 Å². The fourth-order valence-corrected chi connectivity index (χ4v) is 3.57. The van der Waals surface area contributed by atoms with Gasteiger partial charge in [0.05, 0.1) is 5.69 Å². The summed E-state index contributed by atoms with van der Waals surface area (Å²) in [4.78, 5) is 11.8. The van der Waals surface area contributed by atoms with Crippen molar-refractivity contribution in [3.05, 3.63) is 40.6 Å². The molecule has 0 spiro atoms. The number of hydrogen-bond acceptors (Lipinski definition) is 2. The number of hydrogen-bond donors (Lipinski definition) is 1. The van der Waals surface area contributed by atoms with Crippen LogP contribution in [0.2, 0.25) is 0 Å². The van der Waals surface area contributed by atoms with Crippen molar-refractivity contribution in [2.24, 2.45) is 0 Å². The van der Waals surface area contributed by atoms with Crippen LogP contribution in [0.15, 0.2) is 35.1 Å². The van der Waals surface area contributed by atoms with Crippen LogP contribution in [0.25, 0.3) is 0 Å². The molecular formula is C25H43NO. The second-order valence-electron chi connectivity index (χ2n) is 7.92. The normalized spacial score (nSPS) is 10.9. The molecule has 0 atom stereocenters. The fourth-order valence-electron chi connectivity index (χ4n) is 3.57. The summed E-state index contributed by atoms with van der Waals surface area (Å²) in [6.07, 6.45) is 22.2. The molecule has 0 fully saturated rings. The Morgan fingerprint density at radius 2 is 1.04 bits per heavy atom. The molecule has 2 heteroatoms. The summed E-state index contributed by atoms with van der Waals surface area (Å²) in [5, 5.41) is 3.27. The molecule has 1 aromatic carbocycles. The molecule has 0 heterocycles. The third-order valence-corrected chi connectivity index (χ3v) is 5.34. The summed E-state index contributed by atoms with van der Waals surface area (Å²) in [7, 11) is 0. The van der Waals surface area contributed by atoms with Crippen molar-refractivity contribution in [3.63, 3.8) is 0 Å². The zero-order chi connectivity index (χ0) is 19.4. The van der Waals surface area contributed by atoms with E-state index in [1.807, 2.05) is 18.2 Å². The minimum atomic E-state index is 0.0801. The lowest BCUT2D eigenvalue weighted by Crippen LogP contribution is -2.09. The van der Waals surface area contributed by atoms with Gasteiger partial charge in [0.15, 0.2) is 0 Å². The molecule has 27 heavy (non-hydrogen) atoms. The zero-order valence-corrected chi connectivity index (χ0v) is 17.8. The quantitative estimate of drug-likeness (QED) is 0.267. The van der Waals surface area contributed by atoms with Crippen molar-refractivity contribution < 1.29 is 0 Å². The van der Waals surface area contributed by atoms with Gasteiger partial charge in [-0.1, -0.05) is 121 Å². The average Bonchev–Trinajstić information content (AvgIpc) is 2.88. The number of anilines is 1. The Bertz CT molecular complexity index is 500. The van der Waals surface area contributed by atoms with E-state index < -0.39 is 0 Å². The van der Waals surface area contributed by atoms with E-state index in [4.69, 9.17) is 0 Å². The maximum atomic E-state index is 11.8. The maximum Gasteiger partial charge on any atom is 0.201 e. The third kappa shape index (κ3) is 14.4. The van der Waals surface area contributed by atoms with Crippen molar-refractivity contribution >= 4 is 5.69 Å². The van der Waals surface area contributed by atoms with Crippen LogP contribution in [-0.2, 0) is 0 Å². The Kier molecular flexibility index (Phi) is 15.9. The topological polar surface area (TPSA) is 29.1 Å². The summed E-state index contributed by atoms with van der Waals surface area (Å²) in [5.41, 5.74) is 0.803. The molecule has 0 saturated carbocycles. The van der Waals surface area contributed by atoms with Crippen molar-refractivity contribution in [3.8, 4) is 0 Å². The molecule has 0 aliphatic heterocycles. The van der Waals surface area contributed by atoms with Crippen LogP contribution in [0.4, 0.5) is 5.69 Å².